The van der Waals surface area contributed by atoms with E-state index in [2.05, 4.69) is 30.1 Å². The Morgan fingerprint density at radius 2 is 1.89 bits per heavy atom. The quantitative estimate of drug-likeness (QED) is 0.335. The molecule has 0 aliphatic carbocycles. The molecule has 0 radical (unpaired) electrons. The standard InChI is InChI=1S/C20H22N4O3S/c1-13-9-10-16(11-14(13)2)24-15(3)21-22-20(24)28-19(12-23(25)26)17-7-5-6-8-18(17)27-4/h5-11,19H,12H2,1-4H3/t19-/m1/s1. The second kappa shape index (κ2) is 8.43. The van der Waals surface area contributed by atoms with Gasteiger partial charge in [-0.2, -0.15) is 0 Å². The lowest BCUT2D eigenvalue weighted by molar-refractivity contribution is -0.479. The molecule has 0 amide bonds. The molecule has 8 heteroatoms. The molecule has 0 aliphatic heterocycles. The van der Waals surface area contributed by atoms with Gasteiger partial charge in [-0.3, -0.25) is 14.7 Å². The molecule has 3 rings (SSSR count). The van der Waals surface area contributed by atoms with Crippen LogP contribution in [0.25, 0.3) is 5.69 Å². The van der Waals surface area contributed by atoms with E-state index in [1.54, 1.807) is 7.11 Å². The summed E-state index contributed by atoms with van der Waals surface area (Å²) < 4.78 is 7.35. The lowest BCUT2D eigenvalue weighted by Gasteiger charge is -2.17. The van der Waals surface area contributed by atoms with Gasteiger partial charge in [0.05, 0.1) is 7.11 Å². The minimum absolute atomic E-state index is 0.246. The molecule has 0 aliphatic rings. The van der Waals surface area contributed by atoms with Gasteiger partial charge in [0.25, 0.3) is 0 Å². The molecule has 28 heavy (non-hydrogen) atoms. The zero-order valence-corrected chi connectivity index (χ0v) is 17.1. The number of benzene rings is 2. The molecular weight excluding hydrogens is 376 g/mol. The van der Waals surface area contributed by atoms with Gasteiger partial charge >= 0.3 is 0 Å². The molecule has 0 unspecified atom stereocenters. The van der Waals surface area contributed by atoms with E-state index >= 15 is 0 Å². The molecule has 0 saturated carbocycles. The third-order valence-electron chi connectivity index (χ3n) is 4.59. The number of aromatic nitrogens is 3. The van der Waals surface area contributed by atoms with Gasteiger partial charge in [0.2, 0.25) is 6.54 Å². The van der Waals surface area contributed by atoms with Crippen molar-refractivity contribution in [2.45, 2.75) is 31.2 Å². The first-order chi connectivity index (χ1) is 13.4. The molecule has 1 aromatic heterocycles. The van der Waals surface area contributed by atoms with E-state index in [0.717, 1.165) is 22.6 Å². The predicted molar refractivity (Wildman–Crippen MR) is 109 cm³/mol. The highest BCUT2D eigenvalue weighted by molar-refractivity contribution is 7.99. The minimum Gasteiger partial charge on any atom is -0.496 e. The van der Waals surface area contributed by atoms with Crippen molar-refractivity contribution in [2.24, 2.45) is 0 Å². The minimum atomic E-state index is -0.458. The zero-order chi connectivity index (χ0) is 20.3. The Kier molecular flexibility index (Phi) is 5.99. The monoisotopic (exact) mass is 398 g/mol. The van der Waals surface area contributed by atoms with E-state index in [1.807, 2.05) is 47.9 Å². The van der Waals surface area contributed by atoms with Crippen molar-refractivity contribution in [1.82, 2.24) is 14.8 Å². The van der Waals surface area contributed by atoms with E-state index in [1.165, 1.54) is 17.3 Å². The van der Waals surface area contributed by atoms with Gasteiger partial charge in [0.1, 0.15) is 16.8 Å². The van der Waals surface area contributed by atoms with Crippen molar-refractivity contribution < 1.29 is 9.66 Å². The first kappa shape index (κ1) is 19.9. The number of methoxy groups -OCH3 is 1. The Morgan fingerprint density at radius 1 is 1.14 bits per heavy atom. The summed E-state index contributed by atoms with van der Waals surface area (Å²) in [7, 11) is 1.56. The first-order valence-electron chi connectivity index (χ1n) is 8.81. The molecule has 2 aromatic carbocycles. The third kappa shape index (κ3) is 4.17. The van der Waals surface area contributed by atoms with Gasteiger partial charge in [-0.1, -0.05) is 36.0 Å². The van der Waals surface area contributed by atoms with Gasteiger partial charge < -0.3 is 4.74 Å². The van der Waals surface area contributed by atoms with Gasteiger partial charge in [-0.05, 0) is 50.1 Å². The summed E-state index contributed by atoms with van der Waals surface area (Å²) in [6.07, 6.45) is 0. The largest absolute Gasteiger partial charge is 0.496 e. The van der Waals surface area contributed by atoms with Gasteiger partial charge in [-0.25, -0.2) is 0 Å². The second-order valence-electron chi connectivity index (χ2n) is 6.50. The topological polar surface area (TPSA) is 83.1 Å². The molecule has 1 heterocycles. The molecule has 0 N–H and O–H groups in total. The number of nitrogens with zero attached hydrogens (tertiary/aromatic N) is 4. The van der Waals surface area contributed by atoms with E-state index < -0.39 is 5.25 Å². The summed E-state index contributed by atoms with van der Waals surface area (Å²) in [5, 5.41) is 20.0. The van der Waals surface area contributed by atoms with Gasteiger partial charge in [0.15, 0.2) is 5.16 Å². The van der Waals surface area contributed by atoms with E-state index in [9.17, 15) is 10.1 Å². The van der Waals surface area contributed by atoms with Gasteiger partial charge in [-0.15, -0.1) is 10.2 Å². The summed E-state index contributed by atoms with van der Waals surface area (Å²) in [4.78, 5) is 11.0. The maximum Gasteiger partial charge on any atom is 0.220 e. The maximum absolute atomic E-state index is 11.3. The summed E-state index contributed by atoms with van der Waals surface area (Å²) in [6, 6.07) is 13.5. The molecule has 3 aromatic rings. The molecule has 0 bridgehead atoms. The van der Waals surface area contributed by atoms with Crippen molar-refractivity contribution in [3.05, 3.63) is 75.1 Å². The Labute approximate surface area is 167 Å². The van der Waals surface area contributed by atoms with Crippen LogP contribution in [0.3, 0.4) is 0 Å². The number of rotatable bonds is 7. The van der Waals surface area contributed by atoms with Crippen LogP contribution in [0, 0.1) is 30.9 Å². The normalized spacial score (nSPS) is 12.0. The Balaban J connectivity index is 2.02. The Morgan fingerprint density at radius 3 is 2.57 bits per heavy atom. The highest BCUT2D eigenvalue weighted by atomic mass is 32.2. The SMILES string of the molecule is COc1ccccc1[C@@H](C[N+](=O)[O-])Sc1nnc(C)n1-c1ccc(C)c(C)c1. The number of hydrogen-bond acceptors (Lipinski definition) is 6. The summed E-state index contributed by atoms with van der Waals surface area (Å²) >= 11 is 1.32. The molecule has 0 spiro atoms. The molecule has 146 valence electrons. The fourth-order valence-corrected chi connectivity index (χ4v) is 4.18. The molecule has 7 nitrogen and oxygen atoms in total. The van der Waals surface area contributed by atoms with Crippen LogP contribution in [-0.2, 0) is 0 Å². The molecule has 0 fully saturated rings. The van der Waals surface area contributed by atoms with Crippen LogP contribution < -0.4 is 4.74 Å². The maximum atomic E-state index is 11.3. The van der Waals surface area contributed by atoms with Crippen molar-refractivity contribution in [1.29, 1.82) is 0 Å². The van der Waals surface area contributed by atoms with Crippen LogP contribution in [0.5, 0.6) is 5.75 Å². The molecule has 1 atom stereocenters. The average molecular weight is 398 g/mol. The smallest absolute Gasteiger partial charge is 0.220 e. The van der Waals surface area contributed by atoms with Crippen molar-refractivity contribution >= 4 is 11.8 Å². The van der Waals surface area contributed by atoms with Crippen molar-refractivity contribution in [2.75, 3.05) is 13.7 Å². The number of para-hydroxylation sites is 1. The van der Waals surface area contributed by atoms with Crippen LogP contribution in [0.2, 0.25) is 0 Å². The van der Waals surface area contributed by atoms with E-state index in [4.69, 9.17) is 4.74 Å². The van der Waals surface area contributed by atoms with Crippen molar-refractivity contribution in [3.8, 4) is 11.4 Å². The zero-order valence-electron chi connectivity index (χ0n) is 16.2. The molecule has 0 saturated heterocycles. The second-order valence-corrected chi connectivity index (χ2v) is 7.67. The van der Waals surface area contributed by atoms with Crippen LogP contribution in [0.15, 0.2) is 47.6 Å². The number of ether oxygens (including phenoxy) is 1. The fourth-order valence-electron chi connectivity index (χ4n) is 2.98. The van der Waals surface area contributed by atoms with E-state index in [-0.39, 0.29) is 11.5 Å². The highest BCUT2D eigenvalue weighted by Crippen LogP contribution is 2.39. The lowest BCUT2D eigenvalue weighted by atomic mass is 10.1. The highest BCUT2D eigenvalue weighted by Gasteiger charge is 2.26. The van der Waals surface area contributed by atoms with Crippen molar-refractivity contribution in [3.63, 3.8) is 0 Å². The third-order valence-corrected chi connectivity index (χ3v) is 5.75. The summed E-state index contributed by atoms with van der Waals surface area (Å²) in [5.41, 5.74) is 4.06. The van der Waals surface area contributed by atoms with Crippen LogP contribution in [0.1, 0.15) is 27.8 Å². The first-order valence-corrected chi connectivity index (χ1v) is 9.69. The Hall–Kier alpha value is -2.87. The molecular formula is C20H22N4O3S. The predicted octanol–water partition coefficient (Wildman–Crippen LogP) is 4.31. The fraction of sp³-hybridized carbons (Fsp3) is 0.300. The summed E-state index contributed by atoms with van der Waals surface area (Å²) in [5.74, 6) is 1.35. The number of aryl methyl sites for hydroxylation is 3. The lowest BCUT2D eigenvalue weighted by Crippen LogP contribution is -2.12. The Bertz CT molecular complexity index is 1000. The van der Waals surface area contributed by atoms with Crippen LogP contribution in [0.4, 0.5) is 0 Å². The van der Waals surface area contributed by atoms with Crippen LogP contribution >= 0.6 is 11.8 Å². The number of hydrogen-bond donors (Lipinski definition) is 0. The number of nitro groups is 1. The number of thioether (sulfide) groups is 1. The summed E-state index contributed by atoms with van der Waals surface area (Å²) in [6.45, 7) is 5.74. The van der Waals surface area contributed by atoms with Crippen LogP contribution in [-0.4, -0.2) is 33.3 Å². The van der Waals surface area contributed by atoms with E-state index in [0.29, 0.717) is 10.9 Å². The average Bonchev–Trinajstić information content (AvgIpc) is 3.03. The van der Waals surface area contributed by atoms with Gasteiger partial charge in [0, 0.05) is 16.2 Å².